The Morgan fingerprint density at radius 1 is 1.07 bits per heavy atom. The SMILES string of the molecule is O=C(CN1CCN(Cc2nc(-c3cccnc3)no2)CC1)N1CCOCC1. The molecule has 4 rings (SSSR count). The average molecular weight is 372 g/mol. The van der Waals surface area contributed by atoms with Crippen molar-refractivity contribution < 1.29 is 14.1 Å². The summed E-state index contributed by atoms with van der Waals surface area (Å²) in [6.07, 6.45) is 3.44. The van der Waals surface area contributed by atoms with Crippen molar-refractivity contribution in [2.45, 2.75) is 6.54 Å². The van der Waals surface area contributed by atoms with Crippen LogP contribution in [0.15, 0.2) is 29.0 Å². The Kier molecular flexibility index (Phi) is 5.71. The Morgan fingerprint density at radius 3 is 2.59 bits per heavy atom. The van der Waals surface area contributed by atoms with Crippen LogP contribution < -0.4 is 0 Å². The van der Waals surface area contributed by atoms with Gasteiger partial charge >= 0.3 is 0 Å². The average Bonchev–Trinajstić information content (AvgIpc) is 3.19. The largest absolute Gasteiger partial charge is 0.378 e. The second-order valence-electron chi connectivity index (χ2n) is 6.80. The van der Waals surface area contributed by atoms with Crippen LogP contribution in [-0.4, -0.2) is 94.8 Å². The zero-order valence-corrected chi connectivity index (χ0v) is 15.3. The van der Waals surface area contributed by atoms with Gasteiger partial charge in [-0.25, -0.2) is 0 Å². The van der Waals surface area contributed by atoms with E-state index in [0.717, 1.165) is 31.7 Å². The Labute approximate surface area is 157 Å². The molecule has 9 nitrogen and oxygen atoms in total. The number of carbonyl (C=O) groups is 1. The number of nitrogens with zero attached hydrogens (tertiary/aromatic N) is 6. The molecule has 0 aliphatic carbocycles. The fourth-order valence-corrected chi connectivity index (χ4v) is 3.33. The molecule has 0 unspecified atom stereocenters. The summed E-state index contributed by atoms with van der Waals surface area (Å²) in [5, 5.41) is 4.03. The molecule has 2 saturated heterocycles. The molecule has 0 atom stereocenters. The van der Waals surface area contributed by atoms with Gasteiger partial charge in [-0.1, -0.05) is 5.16 Å². The summed E-state index contributed by atoms with van der Waals surface area (Å²) < 4.78 is 10.7. The molecule has 1 amide bonds. The minimum absolute atomic E-state index is 0.199. The van der Waals surface area contributed by atoms with Crippen molar-refractivity contribution in [2.75, 3.05) is 59.0 Å². The van der Waals surface area contributed by atoms with E-state index in [9.17, 15) is 4.79 Å². The highest BCUT2D eigenvalue weighted by Gasteiger charge is 2.24. The van der Waals surface area contributed by atoms with Crippen LogP contribution in [-0.2, 0) is 16.1 Å². The first kappa shape index (κ1) is 18.0. The summed E-state index contributed by atoms with van der Waals surface area (Å²) in [5.41, 5.74) is 0.846. The molecule has 0 aromatic carbocycles. The molecule has 2 aromatic rings. The van der Waals surface area contributed by atoms with Gasteiger partial charge in [-0.3, -0.25) is 19.6 Å². The van der Waals surface area contributed by atoms with E-state index in [1.54, 1.807) is 12.4 Å². The van der Waals surface area contributed by atoms with Gasteiger partial charge in [0.25, 0.3) is 0 Å². The first-order chi connectivity index (χ1) is 13.3. The molecule has 0 saturated carbocycles. The van der Waals surface area contributed by atoms with Gasteiger partial charge in [-0.2, -0.15) is 4.98 Å². The van der Waals surface area contributed by atoms with E-state index in [0.29, 0.717) is 51.1 Å². The zero-order chi connectivity index (χ0) is 18.5. The standard InChI is InChI=1S/C18H24N6O3/c25-17(24-8-10-26-11-9-24)14-23-6-4-22(5-7-23)13-16-20-18(21-27-16)15-2-1-3-19-12-15/h1-3,12H,4-11,13-14H2. The number of aromatic nitrogens is 3. The normalized spacial score (nSPS) is 19.3. The van der Waals surface area contributed by atoms with Crippen LogP contribution in [0.4, 0.5) is 0 Å². The molecule has 0 bridgehead atoms. The van der Waals surface area contributed by atoms with Crippen LogP contribution in [0, 0.1) is 0 Å². The van der Waals surface area contributed by atoms with Crippen LogP contribution in [0.5, 0.6) is 0 Å². The number of ether oxygens (including phenoxy) is 1. The van der Waals surface area contributed by atoms with Crippen molar-refractivity contribution in [3.63, 3.8) is 0 Å². The first-order valence-corrected chi connectivity index (χ1v) is 9.31. The molecule has 2 fully saturated rings. The summed E-state index contributed by atoms with van der Waals surface area (Å²) in [7, 11) is 0. The second kappa shape index (κ2) is 8.55. The van der Waals surface area contributed by atoms with Crippen molar-refractivity contribution in [3.8, 4) is 11.4 Å². The fraction of sp³-hybridized carbons (Fsp3) is 0.556. The highest BCUT2D eigenvalue weighted by Crippen LogP contribution is 2.15. The van der Waals surface area contributed by atoms with Crippen LogP contribution in [0.25, 0.3) is 11.4 Å². The molecular formula is C18H24N6O3. The summed E-state index contributed by atoms with van der Waals surface area (Å²) in [5.74, 6) is 1.37. The number of hydrogen-bond donors (Lipinski definition) is 0. The van der Waals surface area contributed by atoms with Crippen molar-refractivity contribution in [1.29, 1.82) is 0 Å². The molecule has 27 heavy (non-hydrogen) atoms. The number of amides is 1. The maximum atomic E-state index is 12.4. The van der Waals surface area contributed by atoms with E-state index < -0.39 is 0 Å². The number of piperazine rings is 1. The second-order valence-corrected chi connectivity index (χ2v) is 6.80. The zero-order valence-electron chi connectivity index (χ0n) is 15.3. The predicted molar refractivity (Wildman–Crippen MR) is 96.6 cm³/mol. The van der Waals surface area contributed by atoms with Crippen LogP contribution >= 0.6 is 0 Å². The minimum atomic E-state index is 0.199. The van der Waals surface area contributed by atoms with Gasteiger partial charge < -0.3 is 14.2 Å². The van der Waals surface area contributed by atoms with Gasteiger partial charge in [-0.05, 0) is 12.1 Å². The van der Waals surface area contributed by atoms with Crippen LogP contribution in [0.3, 0.4) is 0 Å². The number of carbonyl (C=O) groups excluding carboxylic acids is 1. The number of morpholine rings is 1. The molecule has 2 aliphatic heterocycles. The van der Waals surface area contributed by atoms with E-state index in [2.05, 4.69) is 24.9 Å². The van der Waals surface area contributed by atoms with Crippen molar-refractivity contribution >= 4 is 5.91 Å². The van der Waals surface area contributed by atoms with E-state index in [-0.39, 0.29) is 5.91 Å². The Balaban J connectivity index is 1.24. The summed E-state index contributed by atoms with van der Waals surface area (Å²) in [4.78, 5) is 27.3. The van der Waals surface area contributed by atoms with E-state index in [1.807, 2.05) is 17.0 Å². The molecule has 2 aromatic heterocycles. The lowest BCUT2D eigenvalue weighted by atomic mass is 10.3. The lowest BCUT2D eigenvalue weighted by Crippen LogP contribution is -2.51. The molecule has 9 heteroatoms. The fourth-order valence-electron chi connectivity index (χ4n) is 3.33. The Morgan fingerprint density at radius 2 is 1.85 bits per heavy atom. The van der Waals surface area contributed by atoms with Gasteiger partial charge in [-0.15, -0.1) is 0 Å². The minimum Gasteiger partial charge on any atom is -0.378 e. The third kappa shape index (κ3) is 4.68. The molecule has 0 N–H and O–H groups in total. The quantitative estimate of drug-likeness (QED) is 0.731. The maximum Gasteiger partial charge on any atom is 0.241 e. The third-order valence-electron chi connectivity index (χ3n) is 4.93. The van der Waals surface area contributed by atoms with Gasteiger partial charge in [0.1, 0.15) is 0 Å². The van der Waals surface area contributed by atoms with E-state index in [4.69, 9.17) is 9.26 Å². The summed E-state index contributed by atoms with van der Waals surface area (Å²) in [6, 6.07) is 3.76. The van der Waals surface area contributed by atoms with Gasteiger partial charge in [0, 0.05) is 57.2 Å². The monoisotopic (exact) mass is 372 g/mol. The maximum absolute atomic E-state index is 12.4. The van der Waals surface area contributed by atoms with Crippen LogP contribution in [0.2, 0.25) is 0 Å². The molecule has 0 spiro atoms. The molecule has 144 valence electrons. The highest BCUT2D eigenvalue weighted by molar-refractivity contribution is 5.78. The first-order valence-electron chi connectivity index (χ1n) is 9.31. The number of pyridine rings is 1. The van der Waals surface area contributed by atoms with Gasteiger partial charge in [0.2, 0.25) is 17.6 Å². The van der Waals surface area contributed by atoms with Crippen molar-refractivity contribution in [3.05, 3.63) is 30.4 Å². The topological polar surface area (TPSA) is 87.8 Å². The molecule has 2 aliphatic rings. The smallest absolute Gasteiger partial charge is 0.241 e. The molecule has 4 heterocycles. The Hall–Kier alpha value is -2.36. The van der Waals surface area contributed by atoms with Crippen molar-refractivity contribution in [1.82, 2.24) is 29.8 Å². The number of hydrogen-bond acceptors (Lipinski definition) is 8. The Bertz CT molecular complexity index is 739. The third-order valence-corrected chi connectivity index (χ3v) is 4.93. The lowest BCUT2D eigenvalue weighted by molar-refractivity contribution is -0.136. The number of rotatable bonds is 5. The van der Waals surface area contributed by atoms with E-state index in [1.165, 1.54) is 0 Å². The van der Waals surface area contributed by atoms with Crippen LogP contribution in [0.1, 0.15) is 5.89 Å². The van der Waals surface area contributed by atoms with Gasteiger partial charge in [0.05, 0.1) is 26.3 Å². The highest BCUT2D eigenvalue weighted by atomic mass is 16.5. The summed E-state index contributed by atoms with van der Waals surface area (Å²) >= 11 is 0. The molecule has 0 radical (unpaired) electrons. The van der Waals surface area contributed by atoms with Crippen molar-refractivity contribution in [2.24, 2.45) is 0 Å². The lowest BCUT2D eigenvalue weighted by Gasteiger charge is -2.35. The predicted octanol–water partition coefficient (Wildman–Crippen LogP) is 0.108. The molecular weight excluding hydrogens is 348 g/mol. The van der Waals surface area contributed by atoms with Gasteiger partial charge in [0.15, 0.2) is 0 Å². The summed E-state index contributed by atoms with van der Waals surface area (Å²) in [6.45, 7) is 7.28. The van der Waals surface area contributed by atoms with E-state index >= 15 is 0 Å².